The van der Waals surface area contributed by atoms with Crippen LogP contribution in [0.4, 0.5) is 13.2 Å². The van der Waals surface area contributed by atoms with Crippen molar-refractivity contribution in [2.24, 2.45) is 7.05 Å². The van der Waals surface area contributed by atoms with Crippen molar-refractivity contribution in [2.75, 3.05) is 20.3 Å². The van der Waals surface area contributed by atoms with Crippen molar-refractivity contribution >= 4 is 17.0 Å². The van der Waals surface area contributed by atoms with Crippen LogP contribution in [-0.4, -0.2) is 42.0 Å². The van der Waals surface area contributed by atoms with Crippen molar-refractivity contribution in [2.45, 2.75) is 26.4 Å². The van der Waals surface area contributed by atoms with E-state index in [9.17, 15) is 18.0 Å². The van der Waals surface area contributed by atoms with Crippen LogP contribution in [-0.2, 0) is 18.2 Å². The minimum Gasteiger partial charge on any atom is -0.497 e. The molecule has 0 aliphatic rings. The molecule has 0 spiro atoms. The van der Waals surface area contributed by atoms with Crippen LogP contribution in [0.2, 0.25) is 0 Å². The van der Waals surface area contributed by atoms with Gasteiger partial charge < -0.3 is 23.5 Å². The van der Waals surface area contributed by atoms with E-state index >= 15 is 0 Å². The number of hydrogen-bond acceptors (Lipinski definition) is 6. The summed E-state index contributed by atoms with van der Waals surface area (Å²) in [5.74, 6) is 0.293. The summed E-state index contributed by atoms with van der Waals surface area (Å²) < 4.78 is 61.3. The van der Waals surface area contributed by atoms with E-state index in [1.807, 2.05) is 6.92 Å². The van der Waals surface area contributed by atoms with Gasteiger partial charge in [0.2, 0.25) is 0 Å². The van der Waals surface area contributed by atoms with Gasteiger partial charge in [0.05, 0.1) is 24.8 Å². The van der Waals surface area contributed by atoms with Gasteiger partial charge in [-0.05, 0) is 31.5 Å². The summed E-state index contributed by atoms with van der Waals surface area (Å²) in [5.41, 5.74) is 0.679. The Morgan fingerprint density at radius 2 is 1.88 bits per heavy atom. The van der Waals surface area contributed by atoms with Crippen molar-refractivity contribution < 1.29 is 36.9 Å². The second kappa shape index (κ2) is 9.37. The number of methoxy groups -OCH3 is 1. The first-order valence-corrected chi connectivity index (χ1v) is 9.89. The average Bonchev–Trinajstić information content (AvgIpc) is 3.02. The van der Waals surface area contributed by atoms with Gasteiger partial charge in [0.15, 0.2) is 18.1 Å². The van der Waals surface area contributed by atoms with Gasteiger partial charge in [0.1, 0.15) is 22.9 Å². The first kappa shape index (κ1) is 23.2. The number of ether oxygens (including phenoxy) is 4. The summed E-state index contributed by atoms with van der Waals surface area (Å²) in [6.45, 7) is 1.95. The minimum absolute atomic E-state index is 0.0525. The molecule has 2 aromatic heterocycles. The molecular weight excluding hydrogens is 429 g/mol. The third-order valence-corrected chi connectivity index (χ3v) is 4.61. The molecule has 0 atom stereocenters. The van der Waals surface area contributed by atoms with E-state index in [4.69, 9.17) is 18.9 Å². The van der Waals surface area contributed by atoms with Gasteiger partial charge in [-0.2, -0.15) is 13.2 Å². The summed E-state index contributed by atoms with van der Waals surface area (Å²) in [7, 11) is 3.04. The van der Waals surface area contributed by atoms with Crippen molar-refractivity contribution in [1.29, 1.82) is 0 Å². The first-order chi connectivity index (χ1) is 15.2. The molecule has 0 radical (unpaired) electrons. The molecule has 0 aliphatic carbocycles. The standard InChI is InChI=1S/C22H23F3N2O5/c1-5-16-17(32-14-9-7-8-13(10-14)29-4)11-15-19(31-12-22(23,24)25)18(21(28)30-6-2)27(3)20(15)26-16/h7-11H,5-6,12H2,1-4H3. The lowest BCUT2D eigenvalue weighted by Gasteiger charge is -2.12. The number of pyridine rings is 1. The Balaban J connectivity index is 2.16. The smallest absolute Gasteiger partial charge is 0.422 e. The van der Waals surface area contributed by atoms with Crippen LogP contribution in [0.1, 0.15) is 30.0 Å². The van der Waals surface area contributed by atoms with Crippen molar-refractivity contribution in [1.82, 2.24) is 9.55 Å². The molecular formula is C22H23F3N2O5. The van der Waals surface area contributed by atoms with Gasteiger partial charge in [0, 0.05) is 13.1 Å². The van der Waals surface area contributed by atoms with Gasteiger partial charge >= 0.3 is 12.1 Å². The van der Waals surface area contributed by atoms with E-state index in [0.717, 1.165) is 0 Å². The van der Waals surface area contributed by atoms with Crippen LogP contribution in [0.3, 0.4) is 0 Å². The Bertz CT molecular complexity index is 1120. The molecule has 1 aromatic carbocycles. The van der Waals surface area contributed by atoms with Crippen molar-refractivity contribution in [3.63, 3.8) is 0 Å². The molecule has 172 valence electrons. The second-order valence-corrected chi connectivity index (χ2v) is 6.80. The van der Waals surface area contributed by atoms with Gasteiger partial charge in [-0.1, -0.05) is 13.0 Å². The van der Waals surface area contributed by atoms with Crippen LogP contribution < -0.4 is 14.2 Å². The molecule has 0 amide bonds. The lowest BCUT2D eigenvalue weighted by molar-refractivity contribution is -0.153. The summed E-state index contributed by atoms with van der Waals surface area (Å²) in [6.07, 6.45) is -4.11. The molecule has 32 heavy (non-hydrogen) atoms. The number of aryl methyl sites for hydroxylation is 2. The summed E-state index contributed by atoms with van der Waals surface area (Å²) in [5, 5.41) is 0.204. The monoisotopic (exact) mass is 452 g/mol. The first-order valence-electron chi connectivity index (χ1n) is 9.89. The van der Waals surface area contributed by atoms with Crippen LogP contribution in [0.25, 0.3) is 11.0 Å². The molecule has 0 aliphatic heterocycles. The fraction of sp³-hybridized carbons (Fsp3) is 0.364. The highest BCUT2D eigenvalue weighted by Crippen LogP contribution is 2.38. The molecule has 0 saturated carbocycles. The number of fused-ring (bicyclic) bond motifs is 1. The molecule has 0 saturated heterocycles. The van der Waals surface area contributed by atoms with E-state index in [-0.39, 0.29) is 29.1 Å². The normalized spacial score (nSPS) is 11.5. The zero-order valence-corrected chi connectivity index (χ0v) is 18.1. The lowest BCUT2D eigenvalue weighted by atomic mass is 10.2. The van der Waals surface area contributed by atoms with Gasteiger partial charge in [-0.3, -0.25) is 0 Å². The van der Waals surface area contributed by atoms with Crippen LogP contribution in [0, 0.1) is 0 Å². The van der Waals surface area contributed by atoms with E-state index in [2.05, 4.69) is 4.98 Å². The third-order valence-electron chi connectivity index (χ3n) is 4.61. The summed E-state index contributed by atoms with van der Waals surface area (Å²) >= 11 is 0. The average molecular weight is 452 g/mol. The molecule has 10 heteroatoms. The summed E-state index contributed by atoms with van der Waals surface area (Å²) in [6, 6.07) is 8.39. The molecule has 0 N–H and O–H groups in total. The highest BCUT2D eigenvalue weighted by Gasteiger charge is 2.32. The number of esters is 1. The Labute approximate surface area is 182 Å². The second-order valence-electron chi connectivity index (χ2n) is 6.80. The number of nitrogens with zero attached hydrogens (tertiary/aromatic N) is 2. The highest BCUT2D eigenvalue weighted by molar-refractivity contribution is 6.01. The van der Waals surface area contributed by atoms with E-state index in [1.54, 1.807) is 31.2 Å². The van der Waals surface area contributed by atoms with Gasteiger partial charge in [-0.15, -0.1) is 0 Å². The zero-order valence-electron chi connectivity index (χ0n) is 18.1. The number of rotatable bonds is 8. The fourth-order valence-electron chi connectivity index (χ4n) is 3.19. The largest absolute Gasteiger partial charge is 0.497 e. The van der Waals surface area contributed by atoms with Gasteiger partial charge in [0.25, 0.3) is 0 Å². The Hall–Kier alpha value is -3.43. The maximum atomic E-state index is 12.9. The van der Waals surface area contributed by atoms with E-state index in [1.165, 1.54) is 24.8 Å². The number of alkyl halides is 3. The summed E-state index contributed by atoms with van der Waals surface area (Å²) in [4.78, 5) is 17.0. The lowest BCUT2D eigenvalue weighted by Crippen LogP contribution is -2.20. The van der Waals surface area contributed by atoms with Crippen LogP contribution >= 0.6 is 0 Å². The Morgan fingerprint density at radius 3 is 2.50 bits per heavy atom. The van der Waals surface area contributed by atoms with Gasteiger partial charge in [-0.25, -0.2) is 9.78 Å². The number of hydrogen-bond donors (Lipinski definition) is 0. The van der Waals surface area contributed by atoms with Crippen LogP contribution in [0.5, 0.6) is 23.0 Å². The maximum absolute atomic E-state index is 12.9. The van der Waals surface area contributed by atoms with E-state index < -0.39 is 18.8 Å². The Morgan fingerprint density at radius 1 is 1.16 bits per heavy atom. The zero-order chi connectivity index (χ0) is 23.5. The quantitative estimate of drug-likeness (QED) is 0.445. The van der Waals surface area contributed by atoms with Crippen molar-refractivity contribution in [3.05, 3.63) is 41.7 Å². The predicted molar refractivity (Wildman–Crippen MR) is 111 cm³/mol. The van der Waals surface area contributed by atoms with Crippen molar-refractivity contribution in [3.8, 4) is 23.0 Å². The molecule has 7 nitrogen and oxygen atoms in total. The topological polar surface area (TPSA) is 71.8 Å². The molecule has 0 unspecified atom stereocenters. The molecule has 0 bridgehead atoms. The maximum Gasteiger partial charge on any atom is 0.422 e. The molecule has 3 aromatic rings. The number of halogens is 3. The predicted octanol–water partition coefficient (Wildman–Crippen LogP) is 5.05. The minimum atomic E-state index is -4.59. The number of carbonyl (C=O) groups is 1. The van der Waals surface area contributed by atoms with Crippen LogP contribution in [0.15, 0.2) is 30.3 Å². The van der Waals surface area contributed by atoms with E-state index in [0.29, 0.717) is 29.4 Å². The fourth-order valence-corrected chi connectivity index (χ4v) is 3.19. The molecule has 2 heterocycles. The molecule has 3 rings (SSSR count). The number of benzene rings is 1. The SMILES string of the molecule is CCOC(=O)c1c(OCC(F)(F)F)c2cc(Oc3cccc(OC)c3)c(CC)nc2n1C. The Kier molecular flexibility index (Phi) is 6.81. The third kappa shape index (κ3) is 4.90. The molecule has 0 fully saturated rings. The highest BCUT2D eigenvalue weighted by atomic mass is 19.4. The number of aromatic nitrogens is 2. The number of carbonyl (C=O) groups excluding carboxylic acids is 1.